The smallest absolute Gasteiger partial charge is 0.179 e. The van der Waals surface area contributed by atoms with Crippen LogP contribution in [0.3, 0.4) is 0 Å². The van der Waals surface area contributed by atoms with Gasteiger partial charge in [0.05, 0.1) is 5.52 Å². The van der Waals surface area contributed by atoms with Crippen LogP contribution in [0.5, 0.6) is 0 Å². The molecule has 4 nitrogen and oxygen atoms in total. The van der Waals surface area contributed by atoms with Gasteiger partial charge < -0.3 is 14.5 Å². The molecule has 3 heterocycles. The van der Waals surface area contributed by atoms with E-state index in [0.717, 1.165) is 28.2 Å². The minimum atomic E-state index is 0.311. The molecule has 0 aromatic carbocycles. The Morgan fingerprint density at radius 1 is 1.35 bits per heavy atom. The molecule has 0 spiro atoms. The zero-order valence-electron chi connectivity index (χ0n) is 12.4. The molecule has 1 N–H and O–H groups in total. The number of nitrogens with zero attached hydrogens (tertiary/aromatic N) is 3. The van der Waals surface area contributed by atoms with Gasteiger partial charge in [0, 0.05) is 12.2 Å². The standard InChI is InChI=1S/C15H22N4S/c1-11-4-5-12-13(16-11)19(14(20)17-12)10-15(2)6-8-18(3)9-7-15/h4-5H,6-10H2,1-3H3,(H,17,20). The summed E-state index contributed by atoms with van der Waals surface area (Å²) >= 11 is 5.49. The average molecular weight is 290 g/mol. The quantitative estimate of drug-likeness (QED) is 0.863. The number of nitrogens with one attached hydrogen (secondary N) is 1. The van der Waals surface area contributed by atoms with E-state index in [1.807, 2.05) is 13.0 Å². The Kier molecular flexibility index (Phi) is 3.42. The predicted octanol–water partition coefficient (Wildman–Crippen LogP) is 3.13. The summed E-state index contributed by atoms with van der Waals surface area (Å²) in [6.07, 6.45) is 2.42. The Morgan fingerprint density at radius 2 is 2.05 bits per heavy atom. The second kappa shape index (κ2) is 4.97. The molecule has 0 bridgehead atoms. The number of hydrogen-bond donors (Lipinski definition) is 1. The second-order valence-corrected chi connectivity index (χ2v) is 6.84. The van der Waals surface area contributed by atoms with Crippen molar-refractivity contribution in [1.82, 2.24) is 19.4 Å². The van der Waals surface area contributed by atoms with Crippen LogP contribution in [0.4, 0.5) is 0 Å². The predicted molar refractivity (Wildman–Crippen MR) is 84.5 cm³/mol. The number of aryl methyl sites for hydroxylation is 1. The highest BCUT2D eigenvalue weighted by Gasteiger charge is 2.30. The van der Waals surface area contributed by atoms with Crippen molar-refractivity contribution in [1.29, 1.82) is 0 Å². The van der Waals surface area contributed by atoms with E-state index in [4.69, 9.17) is 12.2 Å². The number of rotatable bonds is 2. The largest absolute Gasteiger partial charge is 0.329 e. The summed E-state index contributed by atoms with van der Waals surface area (Å²) < 4.78 is 2.97. The van der Waals surface area contributed by atoms with E-state index >= 15 is 0 Å². The summed E-state index contributed by atoms with van der Waals surface area (Å²) in [7, 11) is 2.20. The normalized spacial score (nSPS) is 19.6. The van der Waals surface area contributed by atoms with Crippen molar-refractivity contribution in [3.63, 3.8) is 0 Å². The molecule has 108 valence electrons. The lowest BCUT2D eigenvalue weighted by Crippen LogP contribution is -2.38. The van der Waals surface area contributed by atoms with Crippen LogP contribution >= 0.6 is 12.2 Å². The topological polar surface area (TPSA) is 36.9 Å². The van der Waals surface area contributed by atoms with E-state index in [9.17, 15) is 0 Å². The summed E-state index contributed by atoms with van der Waals surface area (Å²) in [5.41, 5.74) is 3.38. The first kappa shape index (κ1) is 13.8. The fourth-order valence-electron chi connectivity index (χ4n) is 2.97. The van der Waals surface area contributed by atoms with Gasteiger partial charge in [0.25, 0.3) is 0 Å². The van der Waals surface area contributed by atoms with E-state index in [-0.39, 0.29) is 0 Å². The molecular formula is C15H22N4S. The van der Waals surface area contributed by atoms with Gasteiger partial charge in [-0.1, -0.05) is 6.92 Å². The van der Waals surface area contributed by atoms with Gasteiger partial charge in [-0.05, 0) is 69.7 Å². The van der Waals surface area contributed by atoms with Gasteiger partial charge >= 0.3 is 0 Å². The van der Waals surface area contributed by atoms with Crippen molar-refractivity contribution < 1.29 is 0 Å². The van der Waals surface area contributed by atoms with Gasteiger partial charge in [-0.2, -0.15) is 0 Å². The molecule has 1 aliphatic rings. The zero-order chi connectivity index (χ0) is 14.3. The van der Waals surface area contributed by atoms with Crippen molar-refractivity contribution in [3.8, 4) is 0 Å². The molecule has 0 amide bonds. The van der Waals surface area contributed by atoms with Crippen LogP contribution in [0.1, 0.15) is 25.5 Å². The molecule has 0 aliphatic carbocycles. The summed E-state index contributed by atoms with van der Waals surface area (Å²) in [5.74, 6) is 0. The van der Waals surface area contributed by atoms with E-state index in [1.165, 1.54) is 25.9 Å². The molecule has 20 heavy (non-hydrogen) atoms. The molecule has 1 saturated heterocycles. The van der Waals surface area contributed by atoms with Crippen LogP contribution in [0.15, 0.2) is 12.1 Å². The zero-order valence-corrected chi connectivity index (χ0v) is 13.3. The second-order valence-electron chi connectivity index (χ2n) is 6.45. The van der Waals surface area contributed by atoms with E-state index in [2.05, 4.69) is 39.5 Å². The molecule has 2 aromatic rings. The third-order valence-electron chi connectivity index (χ3n) is 4.49. The number of piperidine rings is 1. The number of imidazole rings is 1. The van der Waals surface area contributed by atoms with Crippen molar-refractivity contribution in [2.45, 2.75) is 33.2 Å². The van der Waals surface area contributed by atoms with Crippen molar-refractivity contribution in [3.05, 3.63) is 22.6 Å². The SMILES string of the molecule is Cc1ccc2[nH]c(=S)n(CC3(C)CCN(C)CC3)c2n1. The number of fused-ring (bicyclic) bond motifs is 1. The Balaban J connectivity index is 1.96. The first-order valence-electron chi connectivity index (χ1n) is 7.22. The number of pyridine rings is 1. The van der Waals surface area contributed by atoms with E-state index in [0.29, 0.717) is 5.41 Å². The Hall–Kier alpha value is -1.20. The highest BCUT2D eigenvalue weighted by Crippen LogP contribution is 2.33. The lowest BCUT2D eigenvalue weighted by atomic mass is 9.80. The van der Waals surface area contributed by atoms with Gasteiger partial charge in [-0.15, -0.1) is 0 Å². The van der Waals surface area contributed by atoms with E-state index < -0.39 is 0 Å². The Morgan fingerprint density at radius 3 is 2.75 bits per heavy atom. The fraction of sp³-hybridized carbons (Fsp3) is 0.600. The number of likely N-dealkylation sites (tertiary alicyclic amines) is 1. The molecule has 0 saturated carbocycles. The monoisotopic (exact) mass is 290 g/mol. The average Bonchev–Trinajstić information content (AvgIpc) is 2.70. The fourth-order valence-corrected chi connectivity index (χ4v) is 3.23. The maximum absolute atomic E-state index is 5.49. The summed E-state index contributed by atoms with van der Waals surface area (Å²) in [5, 5.41) is 0. The molecule has 0 unspecified atom stereocenters. The maximum atomic E-state index is 5.49. The highest BCUT2D eigenvalue weighted by molar-refractivity contribution is 7.71. The summed E-state index contributed by atoms with van der Waals surface area (Å²) in [4.78, 5) is 10.3. The van der Waals surface area contributed by atoms with Crippen LogP contribution < -0.4 is 0 Å². The Labute approximate surface area is 124 Å². The summed E-state index contributed by atoms with van der Waals surface area (Å²) in [6, 6.07) is 4.09. The van der Waals surface area contributed by atoms with Gasteiger partial charge in [-0.3, -0.25) is 0 Å². The van der Waals surface area contributed by atoms with E-state index in [1.54, 1.807) is 0 Å². The number of H-pyrrole nitrogens is 1. The van der Waals surface area contributed by atoms with Gasteiger partial charge in [-0.25, -0.2) is 4.98 Å². The molecule has 0 atom stereocenters. The van der Waals surface area contributed by atoms with Gasteiger partial charge in [0.1, 0.15) is 0 Å². The minimum Gasteiger partial charge on any atom is -0.329 e. The maximum Gasteiger partial charge on any atom is 0.179 e. The van der Waals surface area contributed by atoms with Crippen LogP contribution in [-0.2, 0) is 6.54 Å². The molecule has 2 aromatic heterocycles. The van der Waals surface area contributed by atoms with Crippen LogP contribution in [0.25, 0.3) is 11.2 Å². The molecular weight excluding hydrogens is 268 g/mol. The Bertz CT molecular complexity index is 677. The minimum absolute atomic E-state index is 0.311. The van der Waals surface area contributed by atoms with Gasteiger partial charge in [0.2, 0.25) is 0 Å². The molecule has 3 rings (SSSR count). The first-order valence-corrected chi connectivity index (χ1v) is 7.62. The first-order chi connectivity index (χ1) is 9.47. The highest BCUT2D eigenvalue weighted by atomic mass is 32.1. The van der Waals surface area contributed by atoms with Crippen LogP contribution in [0.2, 0.25) is 0 Å². The lowest BCUT2D eigenvalue weighted by Gasteiger charge is -2.38. The lowest BCUT2D eigenvalue weighted by molar-refractivity contribution is 0.121. The van der Waals surface area contributed by atoms with Gasteiger partial charge in [0.15, 0.2) is 10.4 Å². The number of aromatic nitrogens is 3. The van der Waals surface area contributed by atoms with Crippen molar-refractivity contribution in [2.24, 2.45) is 5.41 Å². The molecule has 0 radical (unpaired) electrons. The molecule has 1 aliphatic heterocycles. The third-order valence-corrected chi connectivity index (χ3v) is 4.81. The van der Waals surface area contributed by atoms with Crippen LogP contribution in [-0.4, -0.2) is 39.6 Å². The number of aromatic amines is 1. The molecule has 5 heteroatoms. The molecule has 1 fully saturated rings. The van der Waals surface area contributed by atoms with Crippen LogP contribution in [0, 0.1) is 17.1 Å². The summed E-state index contributed by atoms with van der Waals surface area (Å²) in [6.45, 7) is 7.68. The van der Waals surface area contributed by atoms with Crippen molar-refractivity contribution in [2.75, 3.05) is 20.1 Å². The third kappa shape index (κ3) is 2.52. The van der Waals surface area contributed by atoms with Crippen molar-refractivity contribution >= 4 is 23.4 Å². The number of hydrogen-bond acceptors (Lipinski definition) is 3.